The molecule has 5 nitrogen and oxygen atoms in total. The Morgan fingerprint density at radius 2 is 2.31 bits per heavy atom. The molecule has 2 atom stereocenters. The Labute approximate surface area is 74.6 Å². The van der Waals surface area contributed by atoms with Crippen molar-refractivity contribution in [1.82, 2.24) is 0 Å². The summed E-state index contributed by atoms with van der Waals surface area (Å²) in [5.74, 6) is -0.722. The van der Waals surface area contributed by atoms with Gasteiger partial charge in [0.25, 0.3) is 0 Å². The molecule has 0 spiro atoms. The van der Waals surface area contributed by atoms with Crippen molar-refractivity contribution in [3.05, 3.63) is 23.7 Å². The number of carbonyl (C=O) groups is 1. The Balaban J connectivity index is 3.16. The fraction of sp³-hybridized carbons (Fsp3) is 0.375. The molecule has 2 unspecified atom stereocenters. The number of aliphatic hydroxyl groups is 3. The first kappa shape index (κ1) is 9.76. The highest BCUT2D eigenvalue weighted by Crippen LogP contribution is 2.26. The summed E-state index contributed by atoms with van der Waals surface area (Å²) in [4.78, 5) is 10.5. The molecule has 72 valence electrons. The van der Waals surface area contributed by atoms with Crippen molar-refractivity contribution >= 4 is 6.29 Å². The molecule has 0 bridgehead atoms. The highest BCUT2D eigenvalue weighted by atomic mass is 16.5. The van der Waals surface area contributed by atoms with Gasteiger partial charge in [-0.15, -0.1) is 0 Å². The SMILES string of the molecule is COC1=C(O)C(O)(C=O)C(O)C=C1. The number of allylic oxidation sites excluding steroid dienone is 1. The van der Waals surface area contributed by atoms with E-state index in [4.69, 9.17) is 0 Å². The van der Waals surface area contributed by atoms with Gasteiger partial charge in [-0.1, -0.05) is 0 Å². The minimum absolute atomic E-state index is 0.0418. The normalized spacial score (nSPS) is 33.3. The Morgan fingerprint density at radius 3 is 2.77 bits per heavy atom. The van der Waals surface area contributed by atoms with Crippen LogP contribution in [0, 0.1) is 0 Å². The average Bonchev–Trinajstić information content (AvgIpc) is 2.15. The zero-order valence-electron chi connectivity index (χ0n) is 6.97. The molecule has 0 saturated carbocycles. The summed E-state index contributed by atoms with van der Waals surface area (Å²) in [5, 5.41) is 28.0. The third-order valence-corrected chi connectivity index (χ3v) is 1.89. The fourth-order valence-electron chi connectivity index (χ4n) is 1.03. The van der Waals surface area contributed by atoms with Gasteiger partial charge in [-0.05, 0) is 12.2 Å². The van der Waals surface area contributed by atoms with Gasteiger partial charge < -0.3 is 20.1 Å². The van der Waals surface area contributed by atoms with Crippen LogP contribution in [0.15, 0.2) is 23.7 Å². The Kier molecular flexibility index (Phi) is 2.40. The first-order chi connectivity index (χ1) is 6.06. The second kappa shape index (κ2) is 3.20. The van der Waals surface area contributed by atoms with E-state index in [0.29, 0.717) is 0 Å². The highest BCUT2D eigenvalue weighted by molar-refractivity contribution is 5.70. The summed E-state index contributed by atoms with van der Waals surface area (Å²) in [6, 6.07) is 0. The zero-order valence-corrected chi connectivity index (χ0v) is 6.97. The monoisotopic (exact) mass is 186 g/mol. The van der Waals surface area contributed by atoms with Crippen LogP contribution in [0.25, 0.3) is 0 Å². The summed E-state index contributed by atoms with van der Waals surface area (Å²) in [7, 11) is 1.28. The standard InChI is InChI=1S/C8H10O5/c1-13-5-2-3-6(10)8(12,4-9)7(5)11/h2-4,6,10-12H,1H3. The van der Waals surface area contributed by atoms with E-state index in [1.54, 1.807) is 0 Å². The molecule has 1 rings (SSSR count). The predicted octanol–water partition coefficient (Wildman–Crippen LogP) is -0.737. The number of aliphatic hydroxyl groups excluding tert-OH is 2. The van der Waals surface area contributed by atoms with Crippen molar-refractivity contribution < 1.29 is 24.9 Å². The van der Waals surface area contributed by atoms with Crippen molar-refractivity contribution in [3.63, 3.8) is 0 Å². The third-order valence-electron chi connectivity index (χ3n) is 1.89. The molecular weight excluding hydrogens is 176 g/mol. The van der Waals surface area contributed by atoms with Gasteiger partial charge in [0.15, 0.2) is 17.8 Å². The maximum absolute atomic E-state index is 10.5. The lowest BCUT2D eigenvalue weighted by Gasteiger charge is -2.28. The molecule has 0 aromatic carbocycles. The second-order valence-electron chi connectivity index (χ2n) is 2.66. The molecule has 0 aromatic heterocycles. The fourth-order valence-corrected chi connectivity index (χ4v) is 1.03. The largest absolute Gasteiger partial charge is 0.505 e. The molecule has 13 heavy (non-hydrogen) atoms. The Bertz CT molecular complexity index is 280. The van der Waals surface area contributed by atoms with Gasteiger partial charge in [-0.25, -0.2) is 0 Å². The van der Waals surface area contributed by atoms with E-state index in [1.165, 1.54) is 13.2 Å². The quantitative estimate of drug-likeness (QED) is 0.494. The van der Waals surface area contributed by atoms with E-state index in [2.05, 4.69) is 4.74 Å². The van der Waals surface area contributed by atoms with Crippen LogP contribution in [-0.4, -0.2) is 40.4 Å². The van der Waals surface area contributed by atoms with E-state index in [0.717, 1.165) is 6.08 Å². The van der Waals surface area contributed by atoms with Crippen LogP contribution in [0.4, 0.5) is 0 Å². The van der Waals surface area contributed by atoms with E-state index < -0.39 is 17.5 Å². The molecule has 0 aromatic rings. The number of rotatable bonds is 2. The van der Waals surface area contributed by atoms with Crippen molar-refractivity contribution in [2.45, 2.75) is 11.7 Å². The molecule has 0 heterocycles. The number of aldehydes is 1. The summed E-state index contributed by atoms with van der Waals surface area (Å²) < 4.78 is 4.66. The number of carbonyl (C=O) groups excluding carboxylic acids is 1. The van der Waals surface area contributed by atoms with Gasteiger partial charge in [0.1, 0.15) is 6.10 Å². The van der Waals surface area contributed by atoms with Crippen molar-refractivity contribution in [3.8, 4) is 0 Å². The molecule has 3 N–H and O–H groups in total. The molecule has 0 saturated heterocycles. The smallest absolute Gasteiger partial charge is 0.210 e. The third kappa shape index (κ3) is 1.32. The number of methoxy groups -OCH3 is 1. The van der Waals surface area contributed by atoms with E-state index in [1.807, 2.05) is 0 Å². The van der Waals surface area contributed by atoms with Crippen LogP contribution in [0.2, 0.25) is 0 Å². The summed E-state index contributed by atoms with van der Waals surface area (Å²) in [6.07, 6.45) is 1.05. The lowest BCUT2D eigenvalue weighted by atomic mass is 9.91. The van der Waals surface area contributed by atoms with Gasteiger partial charge in [-0.3, -0.25) is 4.79 Å². The maximum atomic E-state index is 10.5. The molecule has 0 radical (unpaired) electrons. The molecule has 5 heteroatoms. The Morgan fingerprint density at radius 1 is 1.69 bits per heavy atom. The maximum Gasteiger partial charge on any atom is 0.210 e. The average molecular weight is 186 g/mol. The molecule has 0 fully saturated rings. The summed E-state index contributed by atoms with van der Waals surface area (Å²) in [6.45, 7) is 0. The first-order valence-corrected chi connectivity index (χ1v) is 3.59. The molecule has 0 aliphatic heterocycles. The topological polar surface area (TPSA) is 87.0 Å². The van der Waals surface area contributed by atoms with E-state index in [9.17, 15) is 20.1 Å². The number of ether oxygens (including phenoxy) is 1. The van der Waals surface area contributed by atoms with Gasteiger partial charge in [-0.2, -0.15) is 0 Å². The van der Waals surface area contributed by atoms with Crippen LogP contribution >= 0.6 is 0 Å². The summed E-state index contributed by atoms with van der Waals surface area (Å²) in [5.41, 5.74) is -2.29. The lowest BCUT2D eigenvalue weighted by molar-refractivity contribution is -0.132. The minimum atomic E-state index is -2.29. The van der Waals surface area contributed by atoms with Crippen LogP contribution in [0.5, 0.6) is 0 Å². The van der Waals surface area contributed by atoms with Crippen molar-refractivity contribution in [2.24, 2.45) is 0 Å². The summed E-state index contributed by atoms with van der Waals surface area (Å²) >= 11 is 0. The Hall–Kier alpha value is -1.33. The highest BCUT2D eigenvalue weighted by Gasteiger charge is 2.43. The number of hydrogen-bond donors (Lipinski definition) is 3. The molecule has 1 aliphatic rings. The molecular formula is C8H10O5. The lowest BCUT2D eigenvalue weighted by Crippen LogP contribution is -2.47. The van der Waals surface area contributed by atoms with Crippen LogP contribution in [0.3, 0.4) is 0 Å². The molecule has 1 aliphatic carbocycles. The van der Waals surface area contributed by atoms with Gasteiger partial charge in [0.05, 0.1) is 7.11 Å². The van der Waals surface area contributed by atoms with Gasteiger partial charge >= 0.3 is 0 Å². The predicted molar refractivity (Wildman–Crippen MR) is 42.8 cm³/mol. The van der Waals surface area contributed by atoms with E-state index >= 15 is 0 Å². The second-order valence-corrected chi connectivity index (χ2v) is 2.66. The van der Waals surface area contributed by atoms with Gasteiger partial charge in [0, 0.05) is 0 Å². The van der Waals surface area contributed by atoms with Gasteiger partial charge in [0.2, 0.25) is 5.60 Å². The first-order valence-electron chi connectivity index (χ1n) is 3.59. The van der Waals surface area contributed by atoms with Crippen LogP contribution in [0.1, 0.15) is 0 Å². The van der Waals surface area contributed by atoms with Crippen LogP contribution in [-0.2, 0) is 9.53 Å². The van der Waals surface area contributed by atoms with E-state index in [-0.39, 0.29) is 12.0 Å². The van der Waals surface area contributed by atoms with Crippen molar-refractivity contribution in [2.75, 3.05) is 7.11 Å². The number of hydrogen-bond acceptors (Lipinski definition) is 5. The van der Waals surface area contributed by atoms with Crippen LogP contribution < -0.4 is 0 Å². The molecule has 0 amide bonds. The van der Waals surface area contributed by atoms with Crippen molar-refractivity contribution in [1.29, 1.82) is 0 Å². The zero-order chi connectivity index (χ0) is 10.1. The minimum Gasteiger partial charge on any atom is -0.505 e.